The maximum Gasteiger partial charge on any atom is 0.0477 e. The Balaban J connectivity index is 2.23. The van der Waals surface area contributed by atoms with Crippen LogP contribution in [0.15, 0.2) is 18.2 Å². The van der Waals surface area contributed by atoms with Gasteiger partial charge in [-0.05, 0) is 63.9 Å². The summed E-state index contributed by atoms with van der Waals surface area (Å²) in [5, 5.41) is 0.806. The monoisotopic (exact) mass is 266 g/mol. The zero-order valence-electron chi connectivity index (χ0n) is 11.5. The van der Waals surface area contributed by atoms with Crippen molar-refractivity contribution in [1.82, 2.24) is 4.90 Å². The molecule has 1 aliphatic rings. The summed E-state index contributed by atoms with van der Waals surface area (Å²) in [5.74, 6) is 0. The standard InChI is InChI=1S/C15H23ClN2/c1-11-6-7-12(10-13(11)16)14(17)15(2,3)18-8-4-5-9-18/h6-7,10,14H,4-5,8-9,17H2,1-3H3. The second-order valence-corrected chi connectivity index (χ2v) is 6.24. The molecule has 0 amide bonds. The van der Waals surface area contributed by atoms with Gasteiger partial charge in [-0.2, -0.15) is 0 Å². The molecule has 2 rings (SSSR count). The molecular weight excluding hydrogens is 244 g/mol. The molecule has 1 unspecified atom stereocenters. The van der Waals surface area contributed by atoms with Crippen molar-refractivity contribution in [1.29, 1.82) is 0 Å². The van der Waals surface area contributed by atoms with Crippen LogP contribution in [0.4, 0.5) is 0 Å². The molecule has 2 N–H and O–H groups in total. The van der Waals surface area contributed by atoms with Crippen LogP contribution < -0.4 is 5.73 Å². The highest BCUT2D eigenvalue weighted by Gasteiger charge is 2.35. The third-order valence-electron chi connectivity index (χ3n) is 4.24. The van der Waals surface area contributed by atoms with Crippen molar-refractivity contribution in [2.24, 2.45) is 5.73 Å². The summed E-state index contributed by atoms with van der Waals surface area (Å²) in [7, 11) is 0. The molecule has 18 heavy (non-hydrogen) atoms. The molecule has 1 atom stereocenters. The minimum Gasteiger partial charge on any atom is -0.322 e. The van der Waals surface area contributed by atoms with E-state index in [1.807, 2.05) is 13.0 Å². The number of benzene rings is 1. The zero-order valence-corrected chi connectivity index (χ0v) is 12.3. The molecule has 0 aliphatic carbocycles. The first-order valence-electron chi connectivity index (χ1n) is 6.69. The molecule has 0 saturated carbocycles. The van der Waals surface area contributed by atoms with Crippen LogP contribution in [0.3, 0.4) is 0 Å². The van der Waals surface area contributed by atoms with Crippen molar-refractivity contribution in [3.63, 3.8) is 0 Å². The average molecular weight is 267 g/mol. The van der Waals surface area contributed by atoms with Crippen LogP contribution in [0.1, 0.15) is 43.9 Å². The largest absolute Gasteiger partial charge is 0.322 e. The molecule has 100 valence electrons. The van der Waals surface area contributed by atoms with Crippen LogP contribution in [0, 0.1) is 6.92 Å². The summed E-state index contributed by atoms with van der Waals surface area (Å²) in [5.41, 5.74) is 8.68. The summed E-state index contributed by atoms with van der Waals surface area (Å²) in [6.45, 7) is 8.79. The zero-order chi connectivity index (χ0) is 13.3. The first-order chi connectivity index (χ1) is 8.43. The van der Waals surface area contributed by atoms with E-state index in [4.69, 9.17) is 17.3 Å². The second-order valence-electron chi connectivity index (χ2n) is 5.83. The van der Waals surface area contributed by atoms with E-state index in [1.54, 1.807) is 0 Å². The van der Waals surface area contributed by atoms with Gasteiger partial charge in [0.25, 0.3) is 0 Å². The summed E-state index contributed by atoms with van der Waals surface area (Å²) >= 11 is 6.20. The van der Waals surface area contributed by atoms with Crippen molar-refractivity contribution in [2.75, 3.05) is 13.1 Å². The lowest BCUT2D eigenvalue weighted by molar-refractivity contribution is 0.124. The van der Waals surface area contributed by atoms with Crippen molar-refractivity contribution in [2.45, 2.75) is 45.2 Å². The number of nitrogens with zero attached hydrogens (tertiary/aromatic N) is 1. The van der Waals surface area contributed by atoms with Gasteiger partial charge in [-0.1, -0.05) is 23.7 Å². The molecule has 1 aliphatic heterocycles. The molecule has 1 aromatic rings. The van der Waals surface area contributed by atoms with E-state index in [2.05, 4.69) is 30.9 Å². The first-order valence-corrected chi connectivity index (χ1v) is 7.07. The Labute approximate surface area is 115 Å². The molecule has 1 heterocycles. The molecule has 0 spiro atoms. The quantitative estimate of drug-likeness (QED) is 0.907. The second kappa shape index (κ2) is 5.20. The average Bonchev–Trinajstić information content (AvgIpc) is 2.86. The Morgan fingerprint density at radius 2 is 1.89 bits per heavy atom. The topological polar surface area (TPSA) is 29.3 Å². The molecule has 1 saturated heterocycles. The maximum absolute atomic E-state index is 6.47. The van der Waals surface area contributed by atoms with E-state index in [0.717, 1.165) is 29.2 Å². The van der Waals surface area contributed by atoms with Crippen LogP contribution >= 0.6 is 11.6 Å². The van der Waals surface area contributed by atoms with Crippen molar-refractivity contribution in [3.05, 3.63) is 34.3 Å². The van der Waals surface area contributed by atoms with Gasteiger partial charge in [0, 0.05) is 16.6 Å². The fraction of sp³-hybridized carbons (Fsp3) is 0.600. The number of aryl methyl sites for hydroxylation is 1. The first kappa shape index (κ1) is 13.9. The third kappa shape index (κ3) is 2.56. The SMILES string of the molecule is Cc1ccc(C(N)C(C)(C)N2CCCC2)cc1Cl. The van der Waals surface area contributed by atoms with Crippen LogP contribution in [-0.2, 0) is 0 Å². The van der Waals surface area contributed by atoms with Gasteiger partial charge < -0.3 is 5.73 Å². The number of halogens is 1. The number of rotatable bonds is 3. The van der Waals surface area contributed by atoms with E-state index in [-0.39, 0.29) is 11.6 Å². The van der Waals surface area contributed by atoms with E-state index < -0.39 is 0 Å². The highest BCUT2D eigenvalue weighted by atomic mass is 35.5. The van der Waals surface area contributed by atoms with Crippen molar-refractivity contribution < 1.29 is 0 Å². The van der Waals surface area contributed by atoms with Gasteiger partial charge in [-0.3, -0.25) is 4.90 Å². The molecule has 0 aromatic heterocycles. The minimum atomic E-state index is -0.0188. The lowest BCUT2D eigenvalue weighted by Crippen LogP contribution is -2.49. The van der Waals surface area contributed by atoms with E-state index in [1.165, 1.54) is 12.8 Å². The van der Waals surface area contributed by atoms with E-state index in [9.17, 15) is 0 Å². The fourth-order valence-electron chi connectivity index (χ4n) is 2.70. The van der Waals surface area contributed by atoms with Crippen LogP contribution in [0.2, 0.25) is 5.02 Å². The predicted octanol–water partition coefficient (Wildman–Crippen LogP) is 3.52. The van der Waals surface area contributed by atoms with Crippen LogP contribution in [0.25, 0.3) is 0 Å². The van der Waals surface area contributed by atoms with Gasteiger partial charge in [0.05, 0.1) is 0 Å². The van der Waals surface area contributed by atoms with Crippen LogP contribution in [0.5, 0.6) is 0 Å². The molecule has 0 radical (unpaired) electrons. The van der Waals surface area contributed by atoms with Crippen molar-refractivity contribution in [3.8, 4) is 0 Å². The van der Waals surface area contributed by atoms with Crippen LogP contribution in [-0.4, -0.2) is 23.5 Å². The highest BCUT2D eigenvalue weighted by molar-refractivity contribution is 6.31. The Morgan fingerprint density at radius 3 is 2.44 bits per heavy atom. The van der Waals surface area contributed by atoms with Gasteiger partial charge in [0.2, 0.25) is 0 Å². The Morgan fingerprint density at radius 1 is 1.28 bits per heavy atom. The number of hydrogen-bond donors (Lipinski definition) is 1. The third-order valence-corrected chi connectivity index (χ3v) is 4.64. The lowest BCUT2D eigenvalue weighted by Gasteiger charge is -2.40. The molecule has 1 aromatic carbocycles. The van der Waals surface area contributed by atoms with Gasteiger partial charge in [-0.15, -0.1) is 0 Å². The van der Waals surface area contributed by atoms with Crippen molar-refractivity contribution >= 4 is 11.6 Å². The summed E-state index contributed by atoms with van der Waals surface area (Å²) in [4.78, 5) is 2.49. The van der Waals surface area contributed by atoms with Gasteiger partial charge in [0.1, 0.15) is 0 Å². The van der Waals surface area contributed by atoms with Gasteiger partial charge in [-0.25, -0.2) is 0 Å². The smallest absolute Gasteiger partial charge is 0.0477 e. The summed E-state index contributed by atoms with van der Waals surface area (Å²) < 4.78 is 0. The van der Waals surface area contributed by atoms with Gasteiger partial charge in [0.15, 0.2) is 0 Å². The Hall–Kier alpha value is -0.570. The molecule has 0 bridgehead atoms. The highest BCUT2D eigenvalue weighted by Crippen LogP contribution is 2.33. The summed E-state index contributed by atoms with van der Waals surface area (Å²) in [6.07, 6.45) is 2.57. The minimum absolute atomic E-state index is 0.00583. The molecule has 2 nitrogen and oxygen atoms in total. The number of nitrogens with two attached hydrogens (primary N) is 1. The summed E-state index contributed by atoms with van der Waals surface area (Å²) in [6, 6.07) is 6.16. The molecule has 1 fully saturated rings. The van der Waals surface area contributed by atoms with Gasteiger partial charge >= 0.3 is 0 Å². The number of hydrogen-bond acceptors (Lipinski definition) is 2. The lowest BCUT2D eigenvalue weighted by atomic mass is 9.87. The normalized spacial score (nSPS) is 19.2. The Bertz CT molecular complexity index is 423. The van der Waals surface area contributed by atoms with E-state index in [0.29, 0.717) is 0 Å². The fourth-order valence-corrected chi connectivity index (χ4v) is 2.89. The predicted molar refractivity (Wildman–Crippen MR) is 78.0 cm³/mol. The number of likely N-dealkylation sites (tertiary alicyclic amines) is 1. The van der Waals surface area contributed by atoms with E-state index >= 15 is 0 Å². The molecular formula is C15H23ClN2. The molecule has 3 heteroatoms. The Kier molecular flexibility index (Phi) is 4.00. The maximum atomic E-state index is 6.47.